The molecule has 4 nitrogen and oxygen atoms in total. The SMILES string of the molecule is C=CC(C)(CCS(C)(=O)=O)CNCCOC. The van der Waals surface area contributed by atoms with E-state index in [1.807, 2.05) is 13.0 Å². The third-order valence-electron chi connectivity index (χ3n) is 2.55. The molecule has 1 unspecified atom stereocenters. The smallest absolute Gasteiger partial charge is 0.147 e. The molecule has 0 spiro atoms. The van der Waals surface area contributed by atoms with E-state index in [1.165, 1.54) is 6.26 Å². The molecule has 0 amide bonds. The molecule has 0 radical (unpaired) electrons. The minimum atomic E-state index is -2.90. The highest BCUT2D eigenvalue weighted by Gasteiger charge is 2.21. The van der Waals surface area contributed by atoms with Crippen molar-refractivity contribution < 1.29 is 13.2 Å². The van der Waals surface area contributed by atoms with Crippen LogP contribution in [0.3, 0.4) is 0 Å². The van der Waals surface area contributed by atoms with E-state index in [4.69, 9.17) is 4.74 Å². The second-order valence-electron chi connectivity index (χ2n) is 4.41. The van der Waals surface area contributed by atoms with Crippen molar-refractivity contribution in [2.75, 3.05) is 38.8 Å². The van der Waals surface area contributed by atoms with E-state index in [-0.39, 0.29) is 11.2 Å². The van der Waals surface area contributed by atoms with Crippen molar-refractivity contribution >= 4 is 9.84 Å². The molecule has 96 valence electrons. The lowest BCUT2D eigenvalue weighted by molar-refractivity contribution is 0.195. The van der Waals surface area contributed by atoms with Crippen molar-refractivity contribution in [1.29, 1.82) is 0 Å². The number of sulfone groups is 1. The van der Waals surface area contributed by atoms with Gasteiger partial charge in [-0.2, -0.15) is 0 Å². The van der Waals surface area contributed by atoms with Gasteiger partial charge in [0.15, 0.2) is 0 Å². The Morgan fingerprint density at radius 3 is 2.56 bits per heavy atom. The highest BCUT2D eigenvalue weighted by atomic mass is 32.2. The predicted octanol–water partition coefficient (Wildman–Crippen LogP) is 0.849. The zero-order chi connectivity index (χ0) is 12.7. The number of hydrogen-bond acceptors (Lipinski definition) is 4. The van der Waals surface area contributed by atoms with Gasteiger partial charge in [-0.05, 0) is 11.8 Å². The number of rotatable bonds is 9. The molecule has 16 heavy (non-hydrogen) atoms. The van der Waals surface area contributed by atoms with Gasteiger partial charge in [-0.3, -0.25) is 0 Å². The summed E-state index contributed by atoms with van der Waals surface area (Å²) in [5.41, 5.74) is -0.184. The van der Waals surface area contributed by atoms with Gasteiger partial charge in [-0.15, -0.1) is 6.58 Å². The van der Waals surface area contributed by atoms with Gasteiger partial charge in [0.05, 0.1) is 12.4 Å². The van der Waals surface area contributed by atoms with Gasteiger partial charge >= 0.3 is 0 Å². The maximum atomic E-state index is 11.1. The molecule has 5 heteroatoms. The largest absolute Gasteiger partial charge is 0.383 e. The molecular weight excluding hydrogens is 226 g/mol. The number of nitrogens with one attached hydrogen (secondary N) is 1. The Bertz CT molecular complexity index is 300. The van der Waals surface area contributed by atoms with Crippen LogP contribution in [-0.4, -0.2) is 47.2 Å². The van der Waals surface area contributed by atoms with Crippen LogP contribution in [0.15, 0.2) is 12.7 Å². The molecule has 0 rings (SSSR count). The molecule has 0 saturated carbocycles. The third kappa shape index (κ3) is 7.84. The van der Waals surface area contributed by atoms with Crippen molar-refractivity contribution in [3.63, 3.8) is 0 Å². The molecule has 1 atom stereocenters. The van der Waals surface area contributed by atoms with Crippen LogP contribution < -0.4 is 5.32 Å². The van der Waals surface area contributed by atoms with E-state index in [0.717, 1.165) is 13.1 Å². The summed E-state index contributed by atoms with van der Waals surface area (Å²) in [5, 5.41) is 3.22. The molecule has 0 aliphatic rings. The van der Waals surface area contributed by atoms with Gasteiger partial charge in [-0.25, -0.2) is 8.42 Å². The summed E-state index contributed by atoms with van der Waals surface area (Å²) in [4.78, 5) is 0. The molecular formula is C11H23NO3S. The highest BCUT2D eigenvalue weighted by Crippen LogP contribution is 2.22. The highest BCUT2D eigenvalue weighted by molar-refractivity contribution is 7.90. The van der Waals surface area contributed by atoms with Crippen LogP contribution >= 0.6 is 0 Å². The Labute approximate surface area is 99.0 Å². The minimum absolute atomic E-state index is 0.184. The van der Waals surface area contributed by atoms with Crippen LogP contribution in [0.5, 0.6) is 0 Å². The fourth-order valence-corrected chi connectivity index (χ4v) is 2.07. The van der Waals surface area contributed by atoms with Crippen LogP contribution in [0.25, 0.3) is 0 Å². The molecule has 0 aromatic rings. The molecule has 0 aliphatic heterocycles. The zero-order valence-corrected chi connectivity index (χ0v) is 11.3. The van der Waals surface area contributed by atoms with Crippen molar-refractivity contribution in [1.82, 2.24) is 5.32 Å². The van der Waals surface area contributed by atoms with E-state index in [1.54, 1.807) is 7.11 Å². The Morgan fingerprint density at radius 1 is 1.50 bits per heavy atom. The maximum Gasteiger partial charge on any atom is 0.147 e. The molecule has 0 saturated heterocycles. The predicted molar refractivity (Wildman–Crippen MR) is 67.4 cm³/mol. The van der Waals surface area contributed by atoms with E-state index < -0.39 is 9.84 Å². The Morgan fingerprint density at radius 2 is 2.12 bits per heavy atom. The summed E-state index contributed by atoms with van der Waals surface area (Å²) in [6.45, 7) is 7.90. The first-order valence-electron chi connectivity index (χ1n) is 5.34. The maximum absolute atomic E-state index is 11.1. The van der Waals surface area contributed by atoms with Crippen LogP contribution in [0, 0.1) is 5.41 Å². The zero-order valence-electron chi connectivity index (χ0n) is 10.5. The summed E-state index contributed by atoms with van der Waals surface area (Å²) in [7, 11) is -1.25. The second kappa shape index (κ2) is 7.04. The number of ether oxygens (including phenoxy) is 1. The Hall–Kier alpha value is -0.390. The average molecular weight is 249 g/mol. The topological polar surface area (TPSA) is 55.4 Å². The molecule has 0 bridgehead atoms. The van der Waals surface area contributed by atoms with Gasteiger partial charge in [0.25, 0.3) is 0 Å². The molecule has 0 fully saturated rings. The number of methoxy groups -OCH3 is 1. The van der Waals surface area contributed by atoms with E-state index in [0.29, 0.717) is 13.0 Å². The lowest BCUT2D eigenvalue weighted by Crippen LogP contribution is -2.33. The Balaban J connectivity index is 4.05. The van der Waals surface area contributed by atoms with Gasteiger partial charge in [0.1, 0.15) is 9.84 Å². The average Bonchev–Trinajstić information content (AvgIpc) is 2.21. The summed E-state index contributed by atoms with van der Waals surface area (Å²) in [5.74, 6) is 0.196. The van der Waals surface area contributed by atoms with Gasteiger partial charge in [-0.1, -0.05) is 13.0 Å². The summed E-state index contributed by atoms with van der Waals surface area (Å²) in [6, 6.07) is 0. The second-order valence-corrected chi connectivity index (χ2v) is 6.67. The summed E-state index contributed by atoms with van der Waals surface area (Å²) >= 11 is 0. The molecule has 1 N–H and O–H groups in total. The van der Waals surface area contributed by atoms with E-state index in [9.17, 15) is 8.42 Å². The summed E-state index contributed by atoms with van der Waals surface area (Å²) in [6.07, 6.45) is 3.67. The van der Waals surface area contributed by atoms with Crippen LogP contribution in [0.4, 0.5) is 0 Å². The third-order valence-corrected chi connectivity index (χ3v) is 3.49. The first-order chi connectivity index (χ1) is 7.33. The minimum Gasteiger partial charge on any atom is -0.383 e. The van der Waals surface area contributed by atoms with Crippen LogP contribution in [-0.2, 0) is 14.6 Å². The normalized spacial score (nSPS) is 15.7. The number of hydrogen-bond donors (Lipinski definition) is 1. The lowest BCUT2D eigenvalue weighted by atomic mass is 9.88. The van der Waals surface area contributed by atoms with Crippen molar-refractivity contribution in [2.45, 2.75) is 13.3 Å². The van der Waals surface area contributed by atoms with Gasteiger partial charge in [0.2, 0.25) is 0 Å². The fourth-order valence-electron chi connectivity index (χ4n) is 1.23. The van der Waals surface area contributed by atoms with Crippen LogP contribution in [0.1, 0.15) is 13.3 Å². The van der Waals surface area contributed by atoms with Crippen LogP contribution in [0.2, 0.25) is 0 Å². The molecule has 0 aromatic heterocycles. The van der Waals surface area contributed by atoms with Gasteiger partial charge < -0.3 is 10.1 Å². The van der Waals surface area contributed by atoms with E-state index >= 15 is 0 Å². The van der Waals surface area contributed by atoms with E-state index in [2.05, 4.69) is 11.9 Å². The molecule has 0 aromatic carbocycles. The van der Waals surface area contributed by atoms with Gasteiger partial charge in [0, 0.05) is 26.5 Å². The lowest BCUT2D eigenvalue weighted by Gasteiger charge is -2.25. The molecule has 0 heterocycles. The van der Waals surface area contributed by atoms with Crippen molar-refractivity contribution in [3.05, 3.63) is 12.7 Å². The summed E-state index contributed by atoms with van der Waals surface area (Å²) < 4.78 is 27.1. The quantitative estimate of drug-likeness (QED) is 0.486. The van der Waals surface area contributed by atoms with Crippen molar-refractivity contribution in [2.24, 2.45) is 5.41 Å². The first kappa shape index (κ1) is 15.6. The molecule has 0 aliphatic carbocycles. The van der Waals surface area contributed by atoms with Crippen molar-refractivity contribution in [3.8, 4) is 0 Å². The fraction of sp³-hybridized carbons (Fsp3) is 0.818. The monoisotopic (exact) mass is 249 g/mol. The Kier molecular flexibility index (Phi) is 6.87. The standard InChI is InChI=1S/C11H23NO3S/c1-5-11(2,6-9-16(4,13)14)10-12-7-8-15-3/h5,12H,1,6-10H2,2-4H3. The first-order valence-corrected chi connectivity index (χ1v) is 7.40.